The maximum absolute atomic E-state index is 14.2. The molecular weight excluding hydrogens is 303 g/mol. The van der Waals surface area contributed by atoms with Gasteiger partial charge in [0.2, 0.25) is 0 Å². The standard InChI is InChI=1S/C20H21FN2O/c1-14(17-7-6-15(13-22)12-19(17)21)24-20-5-3-2-4-18(20)16-8-10-23-11-9-16/h2-7,12,14,16,23H,8-11H2,1H3/t14-/m1/s1. The molecule has 0 radical (unpaired) electrons. The zero-order chi connectivity index (χ0) is 16.9. The van der Waals surface area contributed by atoms with Crippen LogP contribution in [0.3, 0.4) is 0 Å². The molecule has 2 aromatic carbocycles. The molecule has 0 unspecified atom stereocenters. The van der Waals surface area contributed by atoms with Gasteiger partial charge in [0, 0.05) is 5.56 Å². The smallest absolute Gasteiger partial charge is 0.131 e. The number of nitrogens with one attached hydrogen (secondary N) is 1. The summed E-state index contributed by atoms with van der Waals surface area (Å²) in [5, 5.41) is 12.2. The first-order chi connectivity index (χ1) is 11.7. The number of para-hydroxylation sites is 1. The van der Waals surface area contributed by atoms with Gasteiger partial charge >= 0.3 is 0 Å². The van der Waals surface area contributed by atoms with Crippen LogP contribution in [0, 0.1) is 17.1 Å². The summed E-state index contributed by atoms with van der Waals surface area (Å²) in [6.07, 6.45) is 1.75. The van der Waals surface area contributed by atoms with Crippen molar-refractivity contribution in [2.24, 2.45) is 0 Å². The monoisotopic (exact) mass is 324 g/mol. The largest absolute Gasteiger partial charge is 0.486 e. The summed E-state index contributed by atoms with van der Waals surface area (Å²) in [6, 6.07) is 14.5. The Morgan fingerprint density at radius 2 is 1.96 bits per heavy atom. The van der Waals surface area contributed by atoms with E-state index in [0.717, 1.165) is 31.7 Å². The van der Waals surface area contributed by atoms with Gasteiger partial charge in [-0.1, -0.05) is 24.3 Å². The van der Waals surface area contributed by atoms with Gasteiger partial charge in [-0.05, 0) is 62.5 Å². The molecule has 4 heteroatoms. The van der Waals surface area contributed by atoms with Crippen LogP contribution in [0.5, 0.6) is 5.75 Å². The molecule has 1 aliphatic rings. The summed E-state index contributed by atoms with van der Waals surface area (Å²) in [4.78, 5) is 0. The van der Waals surface area contributed by atoms with E-state index in [4.69, 9.17) is 10.00 Å². The van der Waals surface area contributed by atoms with Crippen LogP contribution in [-0.2, 0) is 0 Å². The molecule has 3 rings (SSSR count). The molecule has 0 amide bonds. The van der Waals surface area contributed by atoms with Crippen LogP contribution in [0.4, 0.5) is 4.39 Å². The second-order valence-corrected chi connectivity index (χ2v) is 6.17. The Bertz CT molecular complexity index is 748. The van der Waals surface area contributed by atoms with Gasteiger partial charge < -0.3 is 10.1 Å². The number of halogens is 1. The van der Waals surface area contributed by atoms with Crippen LogP contribution in [0.25, 0.3) is 0 Å². The molecule has 1 aliphatic heterocycles. The van der Waals surface area contributed by atoms with E-state index in [0.29, 0.717) is 17.0 Å². The topological polar surface area (TPSA) is 45.0 Å². The zero-order valence-corrected chi connectivity index (χ0v) is 13.8. The molecule has 1 heterocycles. The van der Waals surface area contributed by atoms with Crippen molar-refractivity contribution in [2.75, 3.05) is 13.1 Å². The number of piperidine rings is 1. The molecule has 0 aliphatic carbocycles. The van der Waals surface area contributed by atoms with Crippen molar-refractivity contribution in [3.05, 3.63) is 65.0 Å². The van der Waals surface area contributed by atoms with Crippen LogP contribution in [0.1, 0.15) is 48.5 Å². The van der Waals surface area contributed by atoms with E-state index in [1.165, 1.54) is 11.6 Å². The molecule has 2 aromatic rings. The van der Waals surface area contributed by atoms with Crippen molar-refractivity contribution in [1.29, 1.82) is 5.26 Å². The normalized spacial score (nSPS) is 16.4. The van der Waals surface area contributed by atoms with Crippen LogP contribution in [0.2, 0.25) is 0 Å². The SMILES string of the molecule is C[C@@H](Oc1ccccc1C1CCNCC1)c1ccc(C#N)cc1F. The Morgan fingerprint density at radius 3 is 2.67 bits per heavy atom. The maximum Gasteiger partial charge on any atom is 0.131 e. The highest BCUT2D eigenvalue weighted by Gasteiger charge is 2.21. The third kappa shape index (κ3) is 3.58. The fourth-order valence-corrected chi connectivity index (χ4v) is 3.24. The summed E-state index contributed by atoms with van der Waals surface area (Å²) >= 11 is 0. The molecule has 0 aromatic heterocycles. The van der Waals surface area contributed by atoms with E-state index in [2.05, 4.69) is 11.4 Å². The number of hydrogen-bond acceptors (Lipinski definition) is 3. The Morgan fingerprint density at radius 1 is 1.21 bits per heavy atom. The summed E-state index contributed by atoms with van der Waals surface area (Å²) in [6.45, 7) is 3.86. The maximum atomic E-state index is 14.2. The van der Waals surface area contributed by atoms with E-state index in [9.17, 15) is 4.39 Å². The first-order valence-corrected chi connectivity index (χ1v) is 8.35. The summed E-state index contributed by atoms with van der Waals surface area (Å²) in [7, 11) is 0. The Balaban J connectivity index is 1.82. The van der Waals surface area contributed by atoms with Gasteiger partial charge in [0.15, 0.2) is 0 Å². The highest BCUT2D eigenvalue weighted by atomic mass is 19.1. The van der Waals surface area contributed by atoms with Crippen LogP contribution in [0.15, 0.2) is 42.5 Å². The van der Waals surface area contributed by atoms with Gasteiger partial charge in [-0.3, -0.25) is 0 Å². The van der Waals surface area contributed by atoms with Crippen molar-refractivity contribution in [1.82, 2.24) is 5.32 Å². The number of benzene rings is 2. The predicted octanol–water partition coefficient (Wildman–Crippen LogP) is 4.30. The number of ether oxygens (including phenoxy) is 1. The van der Waals surface area contributed by atoms with E-state index >= 15 is 0 Å². The van der Waals surface area contributed by atoms with Crippen molar-refractivity contribution in [3.63, 3.8) is 0 Å². The summed E-state index contributed by atoms with van der Waals surface area (Å²) in [5.41, 5.74) is 1.98. The van der Waals surface area contributed by atoms with Gasteiger partial charge in [-0.15, -0.1) is 0 Å². The zero-order valence-electron chi connectivity index (χ0n) is 13.8. The number of hydrogen-bond donors (Lipinski definition) is 1. The minimum Gasteiger partial charge on any atom is -0.486 e. The Labute approximate surface area is 142 Å². The van der Waals surface area contributed by atoms with Crippen LogP contribution < -0.4 is 10.1 Å². The average molecular weight is 324 g/mol. The Hall–Kier alpha value is -2.38. The van der Waals surface area contributed by atoms with E-state index in [1.54, 1.807) is 12.1 Å². The third-order valence-electron chi connectivity index (χ3n) is 4.57. The molecule has 0 bridgehead atoms. The van der Waals surface area contributed by atoms with Gasteiger partial charge in [0.1, 0.15) is 17.7 Å². The second kappa shape index (κ2) is 7.46. The highest BCUT2D eigenvalue weighted by molar-refractivity contribution is 5.38. The van der Waals surface area contributed by atoms with Gasteiger partial charge in [0.25, 0.3) is 0 Å². The second-order valence-electron chi connectivity index (χ2n) is 6.17. The number of nitriles is 1. The van der Waals surface area contributed by atoms with Crippen LogP contribution >= 0.6 is 0 Å². The number of nitrogens with zero attached hydrogens (tertiary/aromatic N) is 1. The molecule has 0 saturated carbocycles. The first-order valence-electron chi connectivity index (χ1n) is 8.35. The van der Waals surface area contributed by atoms with E-state index in [1.807, 2.05) is 31.2 Å². The Kier molecular flexibility index (Phi) is 5.12. The fourth-order valence-electron chi connectivity index (χ4n) is 3.24. The van der Waals surface area contributed by atoms with E-state index < -0.39 is 11.9 Å². The molecule has 1 fully saturated rings. The van der Waals surface area contributed by atoms with Crippen molar-refractivity contribution < 1.29 is 9.13 Å². The first kappa shape index (κ1) is 16.5. The lowest BCUT2D eigenvalue weighted by atomic mass is 9.89. The van der Waals surface area contributed by atoms with Gasteiger partial charge in [-0.2, -0.15) is 5.26 Å². The average Bonchev–Trinajstić information content (AvgIpc) is 2.62. The predicted molar refractivity (Wildman–Crippen MR) is 91.4 cm³/mol. The quantitative estimate of drug-likeness (QED) is 0.912. The lowest BCUT2D eigenvalue weighted by Crippen LogP contribution is -2.26. The summed E-state index contributed by atoms with van der Waals surface area (Å²) < 4.78 is 20.3. The molecule has 124 valence electrons. The van der Waals surface area contributed by atoms with Crippen molar-refractivity contribution >= 4 is 0 Å². The molecular formula is C20H21FN2O. The lowest BCUT2D eigenvalue weighted by Gasteiger charge is -2.26. The molecule has 3 nitrogen and oxygen atoms in total. The minimum atomic E-state index is -0.416. The minimum absolute atomic E-state index is 0.318. The molecule has 1 saturated heterocycles. The number of rotatable bonds is 4. The molecule has 1 atom stereocenters. The van der Waals surface area contributed by atoms with Crippen LogP contribution in [-0.4, -0.2) is 13.1 Å². The molecule has 24 heavy (non-hydrogen) atoms. The van der Waals surface area contributed by atoms with Gasteiger partial charge in [0.05, 0.1) is 11.6 Å². The summed E-state index contributed by atoms with van der Waals surface area (Å²) in [5.74, 6) is 0.891. The molecule has 1 N–H and O–H groups in total. The fraction of sp³-hybridized carbons (Fsp3) is 0.350. The van der Waals surface area contributed by atoms with Crippen molar-refractivity contribution in [3.8, 4) is 11.8 Å². The van der Waals surface area contributed by atoms with Crippen molar-refractivity contribution in [2.45, 2.75) is 31.8 Å². The highest BCUT2D eigenvalue weighted by Crippen LogP contribution is 2.35. The lowest BCUT2D eigenvalue weighted by molar-refractivity contribution is 0.217. The van der Waals surface area contributed by atoms with E-state index in [-0.39, 0.29) is 0 Å². The molecule has 0 spiro atoms. The van der Waals surface area contributed by atoms with Gasteiger partial charge in [-0.25, -0.2) is 4.39 Å². The third-order valence-corrected chi connectivity index (χ3v) is 4.57.